The van der Waals surface area contributed by atoms with Gasteiger partial charge in [-0.25, -0.2) is 0 Å². The van der Waals surface area contributed by atoms with E-state index in [1.807, 2.05) is 11.8 Å². The minimum atomic E-state index is 0.800. The highest BCUT2D eigenvalue weighted by Crippen LogP contribution is 2.53. The van der Waals surface area contributed by atoms with E-state index in [0.29, 0.717) is 0 Å². The fourth-order valence-electron chi connectivity index (χ4n) is 3.41. The minimum Gasteiger partial charge on any atom is -0.304 e. The molecule has 0 N–H and O–H groups in total. The fourth-order valence-corrected chi connectivity index (χ4v) is 3.97. The Kier molecular flexibility index (Phi) is 4.00. The third-order valence-corrected chi connectivity index (χ3v) is 5.18. The van der Waals surface area contributed by atoms with Gasteiger partial charge in [-0.2, -0.15) is 11.8 Å². The molecule has 1 aliphatic carbocycles. The topological polar surface area (TPSA) is 3.24 Å². The van der Waals surface area contributed by atoms with Crippen LogP contribution in [0.3, 0.4) is 0 Å². The zero-order chi connectivity index (χ0) is 10.7. The molecule has 0 radical (unpaired) electrons. The summed E-state index contributed by atoms with van der Waals surface area (Å²) in [5.41, 5.74) is 0.800. The van der Waals surface area contributed by atoms with Crippen molar-refractivity contribution in [3.8, 4) is 0 Å². The monoisotopic (exact) mass is 227 g/mol. The van der Waals surface area contributed by atoms with E-state index in [0.717, 1.165) is 11.3 Å². The van der Waals surface area contributed by atoms with E-state index >= 15 is 0 Å². The Morgan fingerprint density at radius 3 is 2.47 bits per heavy atom. The molecule has 1 aliphatic heterocycles. The molecule has 0 aromatic heterocycles. The Labute approximate surface area is 99.0 Å². The second-order valence-electron chi connectivity index (χ2n) is 5.49. The van der Waals surface area contributed by atoms with Crippen molar-refractivity contribution < 1.29 is 0 Å². The van der Waals surface area contributed by atoms with E-state index in [9.17, 15) is 0 Å². The summed E-state index contributed by atoms with van der Waals surface area (Å²) in [5.74, 6) is 2.45. The SMILES string of the molecule is CCN1CCC2(CC1)CC(CCSC)C2. The van der Waals surface area contributed by atoms with Crippen LogP contribution in [0.25, 0.3) is 0 Å². The lowest BCUT2D eigenvalue weighted by atomic mass is 9.57. The van der Waals surface area contributed by atoms with Crippen LogP contribution in [0.4, 0.5) is 0 Å². The largest absolute Gasteiger partial charge is 0.304 e. The second kappa shape index (κ2) is 5.09. The van der Waals surface area contributed by atoms with Gasteiger partial charge in [-0.1, -0.05) is 6.92 Å². The summed E-state index contributed by atoms with van der Waals surface area (Å²) in [5, 5.41) is 0. The van der Waals surface area contributed by atoms with Crippen molar-refractivity contribution in [1.82, 2.24) is 4.90 Å². The Morgan fingerprint density at radius 1 is 1.27 bits per heavy atom. The highest BCUT2D eigenvalue weighted by atomic mass is 32.2. The Bertz CT molecular complexity index is 189. The molecule has 1 spiro atoms. The molecule has 0 bridgehead atoms. The molecule has 15 heavy (non-hydrogen) atoms. The summed E-state index contributed by atoms with van der Waals surface area (Å²) in [6.45, 7) is 6.28. The summed E-state index contributed by atoms with van der Waals surface area (Å²) in [7, 11) is 0. The van der Waals surface area contributed by atoms with E-state index in [1.54, 1.807) is 12.8 Å². The van der Waals surface area contributed by atoms with Gasteiger partial charge in [-0.05, 0) is 75.1 Å². The normalized spacial score (nSPS) is 26.8. The summed E-state index contributed by atoms with van der Waals surface area (Å²) >= 11 is 2.01. The summed E-state index contributed by atoms with van der Waals surface area (Å²) in [6.07, 6.45) is 9.76. The van der Waals surface area contributed by atoms with Crippen molar-refractivity contribution in [3.05, 3.63) is 0 Å². The summed E-state index contributed by atoms with van der Waals surface area (Å²) < 4.78 is 0. The average Bonchev–Trinajstić information content (AvgIpc) is 2.24. The predicted molar refractivity (Wildman–Crippen MR) is 69.5 cm³/mol. The smallest absolute Gasteiger partial charge is 0.00135 e. The maximum atomic E-state index is 2.61. The van der Waals surface area contributed by atoms with E-state index < -0.39 is 0 Å². The number of thioether (sulfide) groups is 1. The molecule has 0 aromatic rings. The number of hydrogen-bond acceptors (Lipinski definition) is 2. The molecule has 1 nitrogen and oxygen atoms in total. The molecule has 88 valence electrons. The van der Waals surface area contributed by atoms with Gasteiger partial charge in [-0.3, -0.25) is 0 Å². The van der Waals surface area contributed by atoms with Crippen molar-refractivity contribution in [2.45, 2.75) is 39.0 Å². The van der Waals surface area contributed by atoms with E-state index in [1.165, 1.54) is 44.6 Å². The summed E-state index contributed by atoms with van der Waals surface area (Å²) in [4.78, 5) is 2.61. The first-order valence-corrected chi connectivity index (χ1v) is 7.89. The molecule has 0 aromatic carbocycles. The van der Waals surface area contributed by atoms with Crippen molar-refractivity contribution >= 4 is 11.8 Å². The van der Waals surface area contributed by atoms with E-state index in [-0.39, 0.29) is 0 Å². The molecule has 0 amide bonds. The first-order valence-electron chi connectivity index (χ1n) is 6.49. The molecule has 1 heterocycles. The van der Waals surface area contributed by atoms with Gasteiger partial charge >= 0.3 is 0 Å². The number of piperidine rings is 1. The van der Waals surface area contributed by atoms with Gasteiger partial charge in [0.2, 0.25) is 0 Å². The zero-order valence-electron chi connectivity index (χ0n) is 10.3. The maximum Gasteiger partial charge on any atom is -0.00135 e. The number of hydrogen-bond donors (Lipinski definition) is 0. The lowest BCUT2D eigenvalue weighted by molar-refractivity contribution is -0.0125. The van der Waals surface area contributed by atoms with Gasteiger partial charge in [-0.15, -0.1) is 0 Å². The van der Waals surface area contributed by atoms with Crippen LogP contribution in [-0.4, -0.2) is 36.5 Å². The standard InChI is InChI=1S/C13H25NS/c1-3-14-7-5-13(6-8-14)10-12(11-13)4-9-15-2/h12H,3-11H2,1-2H3. The number of nitrogens with zero attached hydrogens (tertiary/aromatic N) is 1. The van der Waals surface area contributed by atoms with Gasteiger partial charge in [0.1, 0.15) is 0 Å². The molecular formula is C13H25NS. The second-order valence-corrected chi connectivity index (χ2v) is 6.48. The predicted octanol–water partition coefficient (Wildman–Crippen LogP) is 3.25. The Hall–Kier alpha value is 0.310. The van der Waals surface area contributed by atoms with Crippen LogP contribution in [-0.2, 0) is 0 Å². The third-order valence-electron chi connectivity index (χ3n) is 4.54. The fraction of sp³-hybridized carbons (Fsp3) is 1.00. The lowest BCUT2D eigenvalue weighted by Gasteiger charge is -2.52. The highest BCUT2D eigenvalue weighted by Gasteiger charge is 2.44. The average molecular weight is 227 g/mol. The van der Waals surface area contributed by atoms with Gasteiger partial charge in [0.05, 0.1) is 0 Å². The Balaban J connectivity index is 1.69. The molecular weight excluding hydrogens is 202 g/mol. The quantitative estimate of drug-likeness (QED) is 0.725. The molecule has 2 aliphatic rings. The highest BCUT2D eigenvalue weighted by molar-refractivity contribution is 7.98. The number of likely N-dealkylation sites (tertiary alicyclic amines) is 1. The van der Waals surface area contributed by atoms with Crippen LogP contribution in [0, 0.1) is 11.3 Å². The van der Waals surface area contributed by atoms with Crippen LogP contribution in [0.1, 0.15) is 39.0 Å². The molecule has 2 fully saturated rings. The molecule has 0 atom stereocenters. The van der Waals surface area contributed by atoms with E-state index in [4.69, 9.17) is 0 Å². The first-order chi connectivity index (χ1) is 7.28. The molecule has 1 saturated carbocycles. The van der Waals surface area contributed by atoms with Gasteiger partial charge in [0.25, 0.3) is 0 Å². The van der Waals surface area contributed by atoms with Crippen molar-refractivity contribution in [2.75, 3.05) is 31.6 Å². The lowest BCUT2D eigenvalue weighted by Crippen LogP contribution is -2.47. The van der Waals surface area contributed by atoms with Crippen LogP contribution < -0.4 is 0 Å². The molecule has 2 heteroatoms. The number of rotatable bonds is 4. The first kappa shape index (κ1) is 11.8. The minimum absolute atomic E-state index is 0.800. The van der Waals surface area contributed by atoms with Crippen LogP contribution in [0.2, 0.25) is 0 Å². The van der Waals surface area contributed by atoms with Crippen molar-refractivity contribution in [1.29, 1.82) is 0 Å². The van der Waals surface area contributed by atoms with Gasteiger partial charge < -0.3 is 4.90 Å². The molecule has 1 saturated heterocycles. The van der Waals surface area contributed by atoms with Crippen molar-refractivity contribution in [2.24, 2.45) is 11.3 Å². The third kappa shape index (κ3) is 2.71. The zero-order valence-corrected chi connectivity index (χ0v) is 11.1. The summed E-state index contributed by atoms with van der Waals surface area (Å²) in [6, 6.07) is 0. The van der Waals surface area contributed by atoms with Gasteiger partial charge in [0, 0.05) is 0 Å². The van der Waals surface area contributed by atoms with Crippen LogP contribution in [0.5, 0.6) is 0 Å². The Morgan fingerprint density at radius 2 is 1.93 bits per heavy atom. The maximum absolute atomic E-state index is 2.61. The van der Waals surface area contributed by atoms with Gasteiger partial charge in [0.15, 0.2) is 0 Å². The molecule has 2 rings (SSSR count). The van der Waals surface area contributed by atoms with Crippen LogP contribution >= 0.6 is 11.8 Å². The molecule has 0 unspecified atom stereocenters. The van der Waals surface area contributed by atoms with Crippen molar-refractivity contribution in [3.63, 3.8) is 0 Å². The van der Waals surface area contributed by atoms with Crippen LogP contribution in [0.15, 0.2) is 0 Å². The van der Waals surface area contributed by atoms with E-state index in [2.05, 4.69) is 18.1 Å².